The molecule has 4 aromatic rings. The van der Waals surface area contributed by atoms with Crippen LogP contribution in [0.3, 0.4) is 0 Å². The summed E-state index contributed by atoms with van der Waals surface area (Å²) in [7, 11) is 4.01. The van der Waals surface area contributed by atoms with Gasteiger partial charge in [0, 0.05) is 37.0 Å². The number of anilines is 2. The van der Waals surface area contributed by atoms with E-state index in [2.05, 4.69) is 49.6 Å². The maximum absolute atomic E-state index is 13.5. The maximum Gasteiger partial charge on any atom is 0.269 e. The third kappa shape index (κ3) is 6.21. The number of carbonyl (C=O) groups is 1. The molecule has 1 saturated carbocycles. The Kier molecular flexibility index (Phi) is 7.55. The normalized spacial score (nSPS) is 17.7. The Labute approximate surface area is 230 Å². The molecule has 1 amide bonds. The zero-order chi connectivity index (χ0) is 27.6. The minimum absolute atomic E-state index is 0.0566. The molecule has 2 aromatic heterocycles. The molecule has 2 heterocycles. The van der Waals surface area contributed by atoms with Gasteiger partial charge in [-0.05, 0) is 49.4 Å². The summed E-state index contributed by atoms with van der Waals surface area (Å²) < 4.78 is 1.85. The van der Waals surface area contributed by atoms with E-state index >= 15 is 0 Å². The first kappa shape index (κ1) is 26.7. The van der Waals surface area contributed by atoms with Crippen molar-refractivity contribution < 1.29 is 4.79 Å². The van der Waals surface area contributed by atoms with E-state index in [0.717, 1.165) is 53.7 Å². The van der Waals surface area contributed by atoms with E-state index in [4.69, 9.17) is 15.1 Å². The number of amides is 1. The highest BCUT2D eigenvalue weighted by atomic mass is 16.2. The predicted molar refractivity (Wildman–Crippen MR) is 157 cm³/mol. The molecule has 39 heavy (non-hydrogen) atoms. The molecule has 0 radical (unpaired) electrons. The molecular formula is C31H39N7O. The van der Waals surface area contributed by atoms with Crippen molar-refractivity contribution in [2.45, 2.75) is 70.5 Å². The molecule has 204 valence electrons. The fraction of sp³-hybridized carbons (Fsp3) is 0.419. The molecule has 8 heteroatoms. The average molecular weight is 526 g/mol. The fourth-order valence-electron chi connectivity index (χ4n) is 5.13. The van der Waals surface area contributed by atoms with Crippen molar-refractivity contribution in [1.82, 2.24) is 25.1 Å². The van der Waals surface area contributed by atoms with Crippen molar-refractivity contribution in [2.24, 2.45) is 0 Å². The molecule has 2 aromatic carbocycles. The fourth-order valence-corrected chi connectivity index (χ4v) is 5.13. The summed E-state index contributed by atoms with van der Waals surface area (Å²) in [6, 6.07) is 20.6. The summed E-state index contributed by atoms with van der Waals surface area (Å²) in [5.41, 5.74) is 3.45. The van der Waals surface area contributed by atoms with Crippen molar-refractivity contribution in [3.8, 4) is 0 Å². The summed E-state index contributed by atoms with van der Waals surface area (Å²) in [4.78, 5) is 25.0. The minimum atomic E-state index is -0.141. The first-order valence-corrected chi connectivity index (χ1v) is 13.8. The van der Waals surface area contributed by atoms with Gasteiger partial charge in [0.25, 0.3) is 5.91 Å². The number of aromatic nitrogens is 4. The lowest BCUT2D eigenvalue weighted by Gasteiger charge is -2.30. The van der Waals surface area contributed by atoms with Crippen LogP contribution in [0.15, 0.2) is 60.7 Å². The summed E-state index contributed by atoms with van der Waals surface area (Å²) in [6.07, 6.45) is 3.68. The summed E-state index contributed by atoms with van der Waals surface area (Å²) in [6.45, 7) is 6.94. The molecule has 1 fully saturated rings. The van der Waals surface area contributed by atoms with Crippen LogP contribution in [0.2, 0.25) is 0 Å². The highest BCUT2D eigenvalue weighted by molar-refractivity contribution is 5.93. The Morgan fingerprint density at radius 1 is 0.949 bits per heavy atom. The van der Waals surface area contributed by atoms with Crippen LogP contribution in [-0.2, 0) is 12.0 Å². The zero-order valence-corrected chi connectivity index (χ0v) is 23.6. The van der Waals surface area contributed by atoms with Gasteiger partial charge in [0.1, 0.15) is 11.5 Å². The number of hydrogen-bond acceptors (Lipinski definition) is 6. The largest absolute Gasteiger partial charge is 0.362 e. The van der Waals surface area contributed by atoms with E-state index in [1.807, 2.05) is 66.1 Å². The number of nitrogens with one attached hydrogen (secondary N) is 2. The summed E-state index contributed by atoms with van der Waals surface area (Å²) >= 11 is 0. The standard InChI is InChI=1S/C31H39N7O/c1-31(2,3)27-19-26(38(36-27)20-21-11-7-6-8-12-21)29(39)32-22-15-17-23(18-16-22)33-30-34-25-14-10-9-13-24(25)28(35-30)37(4)5/h6-14,19,22-23H,15-18,20H2,1-5H3,(H,32,39)(H,33,34,35). The van der Waals surface area contributed by atoms with Crippen LogP contribution in [-0.4, -0.2) is 51.8 Å². The van der Waals surface area contributed by atoms with Gasteiger partial charge in [-0.25, -0.2) is 4.98 Å². The predicted octanol–water partition coefficient (Wildman–Crippen LogP) is 5.39. The van der Waals surface area contributed by atoms with Gasteiger partial charge in [0.2, 0.25) is 5.95 Å². The van der Waals surface area contributed by atoms with Gasteiger partial charge in [-0.15, -0.1) is 0 Å². The van der Waals surface area contributed by atoms with Crippen molar-refractivity contribution in [3.63, 3.8) is 0 Å². The molecule has 8 nitrogen and oxygen atoms in total. The highest BCUT2D eigenvalue weighted by Crippen LogP contribution is 2.27. The first-order chi connectivity index (χ1) is 18.7. The van der Waals surface area contributed by atoms with Crippen LogP contribution in [0, 0.1) is 0 Å². The molecule has 2 N–H and O–H groups in total. The number of carbonyl (C=O) groups excluding carboxylic acids is 1. The molecule has 0 aliphatic heterocycles. The average Bonchev–Trinajstić information content (AvgIpc) is 3.34. The third-order valence-corrected chi connectivity index (χ3v) is 7.36. The molecule has 0 atom stereocenters. The van der Waals surface area contributed by atoms with E-state index in [-0.39, 0.29) is 23.4 Å². The number of para-hydroxylation sites is 1. The summed E-state index contributed by atoms with van der Waals surface area (Å²) in [5.74, 6) is 1.51. The van der Waals surface area contributed by atoms with Gasteiger partial charge < -0.3 is 15.5 Å². The quantitative estimate of drug-likeness (QED) is 0.336. The molecule has 0 bridgehead atoms. The molecule has 1 aliphatic carbocycles. The van der Waals surface area contributed by atoms with Crippen LogP contribution in [0.4, 0.5) is 11.8 Å². The van der Waals surface area contributed by atoms with Gasteiger partial charge in [0.15, 0.2) is 0 Å². The van der Waals surface area contributed by atoms with Crippen molar-refractivity contribution >= 4 is 28.6 Å². The van der Waals surface area contributed by atoms with E-state index in [9.17, 15) is 4.79 Å². The van der Waals surface area contributed by atoms with Crippen LogP contribution in [0.1, 0.15) is 68.2 Å². The van der Waals surface area contributed by atoms with Gasteiger partial charge >= 0.3 is 0 Å². The van der Waals surface area contributed by atoms with Gasteiger partial charge in [-0.1, -0.05) is 63.2 Å². The van der Waals surface area contributed by atoms with E-state index in [1.165, 1.54) is 0 Å². The molecule has 5 rings (SSSR count). The van der Waals surface area contributed by atoms with Crippen molar-refractivity contribution in [1.29, 1.82) is 0 Å². The Balaban J connectivity index is 1.24. The van der Waals surface area contributed by atoms with Gasteiger partial charge in [0.05, 0.1) is 17.8 Å². The Morgan fingerprint density at radius 2 is 1.62 bits per heavy atom. The van der Waals surface area contributed by atoms with E-state index in [0.29, 0.717) is 18.2 Å². The molecule has 1 aliphatic rings. The monoisotopic (exact) mass is 525 g/mol. The Bertz CT molecular complexity index is 1430. The zero-order valence-electron chi connectivity index (χ0n) is 23.6. The highest BCUT2D eigenvalue weighted by Gasteiger charge is 2.27. The van der Waals surface area contributed by atoms with E-state index < -0.39 is 0 Å². The lowest BCUT2D eigenvalue weighted by molar-refractivity contribution is 0.0916. The SMILES string of the molecule is CN(C)c1nc(NC2CCC(NC(=O)c3cc(C(C)(C)C)nn3Cc3ccccc3)CC2)nc2ccccc12. The number of fused-ring (bicyclic) bond motifs is 1. The second kappa shape index (κ2) is 11.0. The van der Waals surface area contributed by atoms with Crippen LogP contribution >= 0.6 is 0 Å². The van der Waals surface area contributed by atoms with Crippen LogP contribution < -0.4 is 15.5 Å². The number of nitrogens with zero attached hydrogens (tertiary/aromatic N) is 5. The maximum atomic E-state index is 13.5. The first-order valence-electron chi connectivity index (χ1n) is 13.8. The second-order valence-electron chi connectivity index (χ2n) is 11.8. The second-order valence-corrected chi connectivity index (χ2v) is 11.8. The molecule has 0 saturated heterocycles. The summed E-state index contributed by atoms with van der Waals surface area (Å²) in [5, 5.41) is 12.7. The Morgan fingerprint density at radius 3 is 2.31 bits per heavy atom. The minimum Gasteiger partial charge on any atom is -0.362 e. The van der Waals surface area contributed by atoms with Crippen LogP contribution in [0.5, 0.6) is 0 Å². The van der Waals surface area contributed by atoms with Gasteiger partial charge in [-0.3, -0.25) is 9.48 Å². The topological polar surface area (TPSA) is 88.0 Å². The lowest BCUT2D eigenvalue weighted by atomic mass is 9.91. The number of hydrogen-bond donors (Lipinski definition) is 2. The lowest BCUT2D eigenvalue weighted by Crippen LogP contribution is -2.41. The third-order valence-electron chi connectivity index (χ3n) is 7.36. The van der Waals surface area contributed by atoms with Crippen molar-refractivity contribution in [3.05, 3.63) is 77.6 Å². The smallest absolute Gasteiger partial charge is 0.269 e. The molecule has 0 spiro atoms. The van der Waals surface area contributed by atoms with Gasteiger partial charge in [-0.2, -0.15) is 10.1 Å². The van der Waals surface area contributed by atoms with Crippen LogP contribution in [0.25, 0.3) is 10.9 Å². The molecule has 0 unspecified atom stereocenters. The van der Waals surface area contributed by atoms with E-state index in [1.54, 1.807) is 0 Å². The Hall–Kier alpha value is -3.94. The number of rotatable bonds is 7. The molecular weight excluding hydrogens is 486 g/mol. The number of benzene rings is 2. The van der Waals surface area contributed by atoms with Crippen molar-refractivity contribution in [2.75, 3.05) is 24.3 Å².